The Labute approximate surface area is 179 Å². The van der Waals surface area contributed by atoms with Crippen molar-refractivity contribution >= 4 is 34.6 Å². The smallest absolute Gasteiger partial charge is 0.408 e. The molecule has 1 saturated carbocycles. The number of fused-ring (bicyclic) bond motifs is 1. The number of nitrogens with zero attached hydrogens (tertiary/aromatic N) is 2. The van der Waals surface area contributed by atoms with Crippen LogP contribution in [0.2, 0.25) is 5.02 Å². The van der Waals surface area contributed by atoms with Crippen LogP contribution < -0.4 is 10.9 Å². The van der Waals surface area contributed by atoms with Crippen molar-refractivity contribution in [3.05, 3.63) is 39.4 Å². The van der Waals surface area contributed by atoms with Crippen LogP contribution in [0, 0.1) is 5.92 Å². The van der Waals surface area contributed by atoms with E-state index in [2.05, 4.69) is 10.3 Å². The van der Waals surface area contributed by atoms with Gasteiger partial charge >= 0.3 is 12.1 Å². The second kappa shape index (κ2) is 8.26. The van der Waals surface area contributed by atoms with Gasteiger partial charge in [-0.3, -0.25) is 14.2 Å². The lowest BCUT2D eigenvalue weighted by Gasteiger charge is -2.36. The number of ether oxygens (including phenoxy) is 2. The molecule has 1 heterocycles. The Bertz CT molecular complexity index is 1040. The van der Waals surface area contributed by atoms with Gasteiger partial charge in [-0.1, -0.05) is 17.7 Å². The molecule has 1 fully saturated rings. The maximum atomic E-state index is 13.3. The number of amides is 1. The van der Waals surface area contributed by atoms with Crippen molar-refractivity contribution in [2.75, 3.05) is 7.11 Å². The van der Waals surface area contributed by atoms with Gasteiger partial charge in [0.2, 0.25) is 0 Å². The SMILES string of the molecule is COC(=O)C1CC(n2c(C(C)NC(=O)OC(C)(C)C)nc3cccc(Cl)c3c2=O)C1. The molecule has 0 spiro atoms. The Balaban J connectivity index is 2.01. The lowest BCUT2D eigenvalue weighted by molar-refractivity contribution is -0.149. The fraction of sp³-hybridized carbons (Fsp3) is 0.524. The van der Waals surface area contributed by atoms with E-state index >= 15 is 0 Å². The predicted molar refractivity (Wildman–Crippen MR) is 113 cm³/mol. The maximum Gasteiger partial charge on any atom is 0.408 e. The van der Waals surface area contributed by atoms with Gasteiger partial charge in [0.25, 0.3) is 5.56 Å². The van der Waals surface area contributed by atoms with Crippen LogP contribution in [0.5, 0.6) is 0 Å². The van der Waals surface area contributed by atoms with Gasteiger partial charge in [-0.2, -0.15) is 0 Å². The highest BCUT2D eigenvalue weighted by Gasteiger charge is 2.39. The van der Waals surface area contributed by atoms with Gasteiger partial charge in [-0.25, -0.2) is 9.78 Å². The number of aromatic nitrogens is 2. The van der Waals surface area contributed by atoms with E-state index in [-0.39, 0.29) is 23.5 Å². The highest BCUT2D eigenvalue weighted by molar-refractivity contribution is 6.35. The van der Waals surface area contributed by atoms with E-state index in [0.29, 0.717) is 34.6 Å². The molecule has 1 N–H and O–H groups in total. The number of benzene rings is 1. The van der Waals surface area contributed by atoms with E-state index < -0.39 is 17.7 Å². The second-order valence-electron chi connectivity index (χ2n) is 8.49. The molecular formula is C21H26ClN3O5. The molecule has 30 heavy (non-hydrogen) atoms. The minimum absolute atomic E-state index is 0.243. The molecule has 2 aromatic rings. The molecule has 0 saturated heterocycles. The van der Waals surface area contributed by atoms with Gasteiger partial charge in [0, 0.05) is 6.04 Å². The van der Waals surface area contributed by atoms with Crippen molar-refractivity contribution in [3.63, 3.8) is 0 Å². The van der Waals surface area contributed by atoms with Crippen molar-refractivity contribution in [2.45, 2.75) is 58.2 Å². The first-order valence-corrected chi connectivity index (χ1v) is 10.2. The molecule has 1 amide bonds. The summed E-state index contributed by atoms with van der Waals surface area (Å²) >= 11 is 6.27. The largest absolute Gasteiger partial charge is 0.469 e. The Hall–Kier alpha value is -2.61. The third kappa shape index (κ3) is 4.43. The third-order valence-corrected chi connectivity index (χ3v) is 5.35. The van der Waals surface area contributed by atoms with Crippen LogP contribution in [0.3, 0.4) is 0 Å². The number of hydrogen-bond acceptors (Lipinski definition) is 6. The van der Waals surface area contributed by atoms with Crippen molar-refractivity contribution in [3.8, 4) is 0 Å². The zero-order valence-corrected chi connectivity index (χ0v) is 18.4. The average molecular weight is 436 g/mol. The summed E-state index contributed by atoms with van der Waals surface area (Å²) in [7, 11) is 1.34. The molecule has 8 nitrogen and oxygen atoms in total. The first-order valence-electron chi connectivity index (χ1n) is 9.79. The highest BCUT2D eigenvalue weighted by Crippen LogP contribution is 2.39. The van der Waals surface area contributed by atoms with Gasteiger partial charge in [-0.05, 0) is 52.7 Å². The number of alkyl carbamates (subject to hydrolysis) is 1. The van der Waals surface area contributed by atoms with Crippen LogP contribution in [0.1, 0.15) is 58.4 Å². The number of hydrogen-bond donors (Lipinski definition) is 1. The minimum Gasteiger partial charge on any atom is -0.469 e. The topological polar surface area (TPSA) is 99.5 Å². The first kappa shape index (κ1) is 22.1. The van der Waals surface area contributed by atoms with E-state index in [1.807, 2.05) is 0 Å². The number of methoxy groups -OCH3 is 1. The Morgan fingerprint density at radius 1 is 1.30 bits per heavy atom. The molecule has 1 aliphatic rings. The molecule has 0 radical (unpaired) electrons. The standard InChI is InChI=1S/C21H26ClN3O5/c1-11(23-20(28)30-21(2,3)4)17-24-15-8-6-7-14(22)16(15)18(26)25(17)13-9-12(10-13)19(27)29-5/h6-8,11-13H,9-10H2,1-5H3,(H,23,28). The van der Waals surface area contributed by atoms with Gasteiger partial charge in [-0.15, -0.1) is 0 Å². The molecule has 162 valence electrons. The van der Waals surface area contributed by atoms with E-state index in [9.17, 15) is 14.4 Å². The molecule has 1 unspecified atom stereocenters. The lowest BCUT2D eigenvalue weighted by atomic mass is 9.80. The van der Waals surface area contributed by atoms with Crippen molar-refractivity contribution in [1.29, 1.82) is 0 Å². The van der Waals surface area contributed by atoms with Crippen LogP contribution in [-0.4, -0.2) is 34.3 Å². The Morgan fingerprint density at radius 2 is 1.97 bits per heavy atom. The summed E-state index contributed by atoms with van der Waals surface area (Å²) in [5.74, 6) is -0.183. The summed E-state index contributed by atoms with van der Waals surface area (Å²) in [5, 5.41) is 3.36. The number of rotatable bonds is 4. The molecule has 1 aromatic heterocycles. The zero-order chi connectivity index (χ0) is 22.2. The van der Waals surface area contributed by atoms with Gasteiger partial charge in [0.1, 0.15) is 11.4 Å². The van der Waals surface area contributed by atoms with Gasteiger partial charge < -0.3 is 14.8 Å². The molecular weight excluding hydrogens is 410 g/mol. The molecule has 0 aliphatic heterocycles. The van der Waals surface area contributed by atoms with E-state index in [1.165, 1.54) is 11.7 Å². The Kier molecular flexibility index (Phi) is 6.08. The van der Waals surface area contributed by atoms with Crippen LogP contribution in [0.15, 0.2) is 23.0 Å². The Morgan fingerprint density at radius 3 is 2.57 bits per heavy atom. The maximum absolute atomic E-state index is 13.3. The molecule has 3 rings (SSSR count). The van der Waals surface area contributed by atoms with Crippen molar-refractivity contribution in [2.24, 2.45) is 5.92 Å². The average Bonchev–Trinajstić information content (AvgIpc) is 2.59. The van der Waals surface area contributed by atoms with Crippen LogP contribution in [0.25, 0.3) is 10.9 Å². The monoisotopic (exact) mass is 435 g/mol. The van der Waals surface area contributed by atoms with Gasteiger partial charge in [0.05, 0.1) is 35.0 Å². The normalized spacial score (nSPS) is 19.7. The lowest BCUT2D eigenvalue weighted by Crippen LogP contribution is -2.42. The molecule has 1 aromatic carbocycles. The molecule has 1 atom stereocenters. The zero-order valence-electron chi connectivity index (χ0n) is 17.7. The molecule has 9 heteroatoms. The van der Waals surface area contributed by atoms with Crippen LogP contribution in [0.4, 0.5) is 4.79 Å². The number of carbonyl (C=O) groups is 2. The number of halogens is 1. The van der Waals surface area contributed by atoms with E-state index in [4.69, 9.17) is 21.1 Å². The summed E-state index contributed by atoms with van der Waals surface area (Å²) in [5.41, 5.74) is -0.512. The summed E-state index contributed by atoms with van der Waals surface area (Å²) in [6.45, 7) is 7.04. The first-order chi connectivity index (χ1) is 14.0. The summed E-state index contributed by atoms with van der Waals surface area (Å²) in [6.07, 6.45) is 0.301. The van der Waals surface area contributed by atoms with E-state index in [1.54, 1.807) is 45.9 Å². The number of esters is 1. The highest BCUT2D eigenvalue weighted by atomic mass is 35.5. The van der Waals surface area contributed by atoms with Crippen molar-refractivity contribution < 1.29 is 19.1 Å². The fourth-order valence-electron chi connectivity index (χ4n) is 3.58. The predicted octanol–water partition coefficient (Wildman–Crippen LogP) is 3.76. The second-order valence-corrected chi connectivity index (χ2v) is 8.90. The van der Waals surface area contributed by atoms with E-state index in [0.717, 1.165) is 0 Å². The number of nitrogens with one attached hydrogen (secondary N) is 1. The summed E-state index contributed by atoms with van der Waals surface area (Å²) in [4.78, 5) is 42.0. The van der Waals surface area contributed by atoms with Crippen LogP contribution in [-0.2, 0) is 14.3 Å². The third-order valence-electron chi connectivity index (χ3n) is 5.04. The molecule has 1 aliphatic carbocycles. The van der Waals surface area contributed by atoms with Gasteiger partial charge in [0.15, 0.2) is 0 Å². The minimum atomic E-state index is -0.657. The summed E-state index contributed by atoms with van der Waals surface area (Å²) in [6, 6.07) is 4.21. The van der Waals surface area contributed by atoms with Crippen LogP contribution >= 0.6 is 11.6 Å². The van der Waals surface area contributed by atoms with Crippen molar-refractivity contribution in [1.82, 2.24) is 14.9 Å². The molecule has 0 bridgehead atoms. The fourth-order valence-corrected chi connectivity index (χ4v) is 3.83. The number of carbonyl (C=O) groups excluding carboxylic acids is 2. The quantitative estimate of drug-likeness (QED) is 0.734. The summed E-state index contributed by atoms with van der Waals surface area (Å²) < 4.78 is 11.7.